The molecule has 0 saturated carbocycles. The lowest BCUT2D eigenvalue weighted by atomic mass is 10.2. The van der Waals surface area contributed by atoms with Gasteiger partial charge in [-0.25, -0.2) is 0 Å². The minimum absolute atomic E-state index is 0.710. The van der Waals surface area contributed by atoms with Crippen LogP contribution in [0.1, 0.15) is 19.3 Å². The van der Waals surface area contributed by atoms with E-state index in [4.69, 9.17) is 0 Å². The van der Waals surface area contributed by atoms with Crippen molar-refractivity contribution < 1.29 is 4.79 Å². The zero-order valence-electron chi connectivity index (χ0n) is 10.2. The maximum atomic E-state index is 9.75. The zero-order valence-corrected chi connectivity index (χ0v) is 10.2. The van der Waals surface area contributed by atoms with Gasteiger partial charge in [0.1, 0.15) is 6.29 Å². The van der Waals surface area contributed by atoms with Crippen LogP contribution in [0.25, 0.3) is 0 Å². The topological polar surface area (TPSA) is 41.1 Å². The van der Waals surface area contributed by atoms with Crippen LogP contribution in [-0.2, 0) is 4.79 Å². The Morgan fingerprint density at radius 1 is 1.12 bits per heavy atom. The van der Waals surface area contributed by atoms with Crippen LogP contribution in [0.5, 0.6) is 0 Å². The molecule has 0 unspecified atom stereocenters. The molecule has 90 valence electrons. The van der Waals surface area contributed by atoms with E-state index >= 15 is 0 Å². The number of anilines is 1. The Balaban J connectivity index is 0.000000281. The van der Waals surface area contributed by atoms with Gasteiger partial charge in [-0.05, 0) is 38.6 Å². The second kappa shape index (κ2) is 11.7. The summed E-state index contributed by atoms with van der Waals surface area (Å²) >= 11 is 0. The van der Waals surface area contributed by atoms with E-state index in [2.05, 4.69) is 10.6 Å². The molecule has 2 N–H and O–H groups in total. The molecule has 0 heterocycles. The van der Waals surface area contributed by atoms with Gasteiger partial charge in [0.25, 0.3) is 0 Å². The normalized spacial score (nSPS) is 8.88. The summed E-state index contributed by atoms with van der Waals surface area (Å²) in [6.45, 7) is 1.02. The molecule has 0 bridgehead atoms. The van der Waals surface area contributed by atoms with Gasteiger partial charge in [0.05, 0.1) is 0 Å². The fraction of sp³-hybridized carbons (Fsp3) is 0.462. The van der Waals surface area contributed by atoms with Crippen LogP contribution in [0.2, 0.25) is 0 Å². The van der Waals surface area contributed by atoms with Crippen LogP contribution in [-0.4, -0.2) is 26.9 Å². The van der Waals surface area contributed by atoms with Gasteiger partial charge in [-0.1, -0.05) is 18.2 Å². The highest BCUT2D eigenvalue weighted by molar-refractivity contribution is 5.48. The minimum atomic E-state index is 0.710. The first kappa shape index (κ1) is 14.6. The van der Waals surface area contributed by atoms with Gasteiger partial charge >= 0.3 is 0 Å². The number of unbranched alkanes of at least 4 members (excludes halogenated alkanes) is 2. The molecule has 0 aliphatic carbocycles. The number of hydrogen-bond acceptors (Lipinski definition) is 3. The molecule has 16 heavy (non-hydrogen) atoms. The monoisotopic (exact) mass is 222 g/mol. The fourth-order valence-electron chi connectivity index (χ4n) is 1.13. The number of rotatable bonds is 6. The Kier molecular flexibility index (Phi) is 10.7. The van der Waals surface area contributed by atoms with Crippen LogP contribution >= 0.6 is 0 Å². The summed E-state index contributed by atoms with van der Waals surface area (Å²) in [5.41, 5.74) is 1.16. The molecule has 3 nitrogen and oxygen atoms in total. The Labute approximate surface area is 98.3 Å². The van der Waals surface area contributed by atoms with Crippen molar-refractivity contribution in [2.45, 2.75) is 19.3 Å². The first-order valence-electron chi connectivity index (χ1n) is 5.66. The number of benzene rings is 1. The molecular formula is C13H22N2O. The highest BCUT2D eigenvalue weighted by Crippen LogP contribution is 2.01. The minimum Gasteiger partial charge on any atom is -0.388 e. The maximum Gasteiger partial charge on any atom is 0.119 e. The smallest absolute Gasteiger partial charge is 0.119 e. The molecular weight excluding hydrogens is 200 g/mol. The number of carbonyl (C=O) groups excluding carboxylic acids is 1. The quantitative estimate of drug-likeness (QED) is 0.573. The van der Waals surface area contributed by atoms with E-state index in [1.54, 1.807) is 0 Å². The van der Waals surface area contributed by atoms with Gasteiger partial charge in [0.2, 0.25) is 0 Å². The van der Waals surface area contributed by atoms with Crippen molar-refractivity contribution in [2.75, 3.05) is 26.0 Å². The summed E-state index contributed by atoms with van der Waals surface area (Å²) in [5, 5.41) is 6.04. The summed E-state index contributed by atoms with van der Waals surface area (Å²) in [5.74, 6) is 0. The molecule has 0 aliphatic rings. The van der Waals surface area contributed by atoms with Crippen molar-refractivity contribution in [2.24, 2.45) is 0 Å². The largest absolute Gasteiger partial charge is 0.388 e. The van der Waals surface area contributed by atoms with E-state index in [1.165, 1.54) is 0 Å². The maximum absolute atomic E-state index is 9.75. The standard InChI is InChI=1S/C7H9N.C6H13NO/c1-8-7-5-3-2-4-6-7;1-7-5-3-2-4-6-8/h2-6,8H,1H3;6-7H,2-5H2,1H3. The molecule has 0 aliphatic heterocycles. The molecule has 3 heteroatoms. The average Bonchev–Trinajstić information content (AvgIpc) is 2.36. The Hall–Kier alpha value is -1.35. The molecule has 0 radical (unpaired) electrons. The third-order valence-electron chi connectivity index (χ3n) is 2.06. The van der Waals surface area contributed by atoms with Gasteiger partial charge < -0.3 is 15.4 Å². The van der Waals surface area contributed by atoms with E-state index in [0.29, 0.717) is 6.42 Å². The summed E-state index contributed by atoms with van der Waals surface area (Å²) < 4.78 is 0. The van der Waals surface area contributed by atoms with Crippen LogP contribution in [0, 0.1) is 0 Å². The summed E-state index contributed by atoms with van der Waals surface area (Å²) in [6, 6.07) is 10.1. The van der Waals surface area contributed by atoms with E-state index in [9.17, 15) is 4.79 Å². The zero-order chi connectivity index (χ0) is 12.1. The molecule has 0 atom stereocenters. The van der Waals surface area contributed by atoms with Gasteiger partial charge in [-0.3, -0.25) is 0 Å². The van der Waals surface area contributed by atoms with Crippen molar-refractivity contribution in [3.8, 4) is 0 Å². The van der Waals surface area contributed by atoms with Crippen LogP contribution in [0.4, 0.5) is 5.69 Å². The van der Waals surface area contributed by atoms with Gasteiger partial charge in [-0.15, -0.1) is 0 Å². The van der Waals surface area contributed by atoms with Gasteiger partial charge in [0.15, 0.2) is 0 Å². The van der Waals surface area contributed by atoms with Crippen molar-refractivity contribution in [1.29, 1.82) is 0 Å². The first-order chi connectivity index (χ1) is 7.85. The molecule has 1 aromatic carbocycles. The van der Waals surface area contributed by atoms with Crippen molar-refractivity contribution in [3.63, 3.8) is 0 Å². The van der Waals surface area contributed by atoms with E-state index < -0.39 is 0 Å². The summed E-state index contributed by atoms with van der Waals surface area (Å²) in [4.78, 5) is 9.75. The highest BCUT2D eigenvalue weighted by atomic mass is 16.1. The van der Waals surface area contributed by atoms with Crippen LogP contribution in [0.15, 0.2) is 30.3 Å². The predicted molar refractivity (Wildman–Crippen MR) is 69.8 cm³/mol. The predicted octanol–water partition coefficient (Wildman–Crippen LogP) is 2.30. The first-order valence-corrected chi connectivity index (χ1v) is 5.66. The summed E-state index contributed by atoms with van der Waals surface area (Å²) in [6.07, 6.45) is 3.80. The van der Waals surface area contributed by atoms with Gasteiger partial charge in [-0.2, -0.15) is 0 Å². The van der Waals surface area contributed by atoms with E-state index in [1.807, 2.05) is 44.4 Å². The second-order valence-electron chi connectivity index (χ2n) is 3.38. The molecule has 0 aromatic heterocycles. The highest BCUT2D eigenvalue weighted by Gasteiger charge is 1.82. The lowest BCUT2D eigenvalue weighted by Gasteiger charge is -1.94. The number of hydrogen-bond donors (Lipinski definition) is 2. The molecule has 0 spiro atoms. The third-order valence-corrected chi connectivity index (χ3v) is 2.06. The molecule has 0 fully saturated rings. The average molecular weight is 222 g/mol. The number of aldehydes is 1. The van der Waals surface area contributed by atoms with Crippen molar-refractivity contribution in [3.05, 3.63) is 30.3 Å². The molecule has 0 amide bonds. The van der Waals surface area contributed by atoms with E-state index in [0.717, 1.165) is 31.4 Å². The van der Waals surface area contributed by atoms with Crippen LogP contribution in [0.3, 0.4) is 0 Å². The van der Waals surface area contributed by atoms with Crippen molar-refractivity contribution >= 4 is 12.0 Å². The lowest BCUT2D eigenvalue weighted by molar-refractivity contribution is -0.107. The van der Waals surface area contributed by atoms with E-state index in [-0.39, 0.29) is 0 Å². The third kappa shape index (κ3) is 9.21. The molecule has 1 rings (SSSR count). The Morgan fingerprint density at radius 2 is 1.81 bits per heavy atom. The van der Waals surface area contributed by atoms with Crippen molar-refractivity contribution in [1.82, 2.24) is 5.32 Å². The summed E-state index contributed by atoms with van der Waals surface area (Å²) in [7, 11) is 3.83. The molecule has 0 saturated heterocycles. The Bertz CT molecular complexity index is 249. The Morgan fingerprint density at radius 3 is 2.25 bits per heavy atom. The number of carbonyl (C=O) groups is 1. The SMILES string of the molecule is CNCCCCC=O.CNc1ccccc1. The second-order valence-corrected chi connectivity index (χ2v) is 3.38. The number of nitrogens with one attached hydrogen (secondary N) is 2. The molecule has 1 aromatic rings. The van der Waals surface area contributed by atoms with Gasteiger partial charge in [0, 0.05) is 19.2 Å². The fourth-order valence-corrected chi connectivity index (χ4v) is 1.13. The van der Waals surface area contributed by atoms with Crippen LogP contribution < -0.4 is 10.6 Å². The lowest BCUT2D eigenvalue weighted by Crippen LogP contribution is -2.06. The number of para-hydroxylation sites is 1.